The van der Waals surface area contributed by atoms with Crippen LogP contribution in [0.4, 0.5) is 10.5 Å². The topological polar surface area (TPSA) is 80.0 Å². The van der Waals surface area contributed by atoms with E-state index < -0.39 is 6.09 Å². The lowest BCUT2D eigenvalue weighted by atomic mass is 10.4. The highest BCUT2D eigenvalue weighted by molar-refractivity contribution is 6.32. The molecule has 0 radical (unpaired) electrons. The molecule has 6 nitrogen and oxygen atoms in total. The highest BCUT2D eigenvalue weighted by atomic mass is 35.5. The molecule has 0 spiro atoms. The molecule has 2 aromatic heterocycles. The molecule has 0 bridgehead atoms. The van der Waals surface area contributed by atoms with E-state index in [4.69, 9.17) is 28.3 Å². The van der Waals surface area contributed by atoms with Crippen LogP contribution in [0.1, 0.15) is 0 Å². The van der Waals surface area contributed by atoms with Gasteiger partial charge >= 0.3 is 6.09 Å². The zero-order valence-corrected chi connectivity index (χ0v) is 9.77. The summed E-state index contributed by atoms with van der Waals surface area (Å²) in [4.78, 5) is 14.4. The second-order valence-electron chi connectivity index (χ2n) is 3.07. The van der Waals surface area contributed by atoms with Gasteiger partial charge < -0.3 is 5.11 Å². The Labute approximate surface area is 106 Å². The van der Waals surface area contributed by atoms with Crippen LogP contribution < -0.4 is 5.32 Å². The summed E-state index contributed by atoms with van der Waals surface area (Å²) in [6.45, 7) is 0. The molecule has 0 fully saturated rings. The first kappa shape index (κ1) is 11.7. The van der Waals surface area contributed by atoms with Crippen LogP contribution in [-0.4, -0.2) is 26.0 Å². The van der Waals surface area contributed by atoms with E-state index in [9.17, 15) is 4.79 Å². The molecule has 0 saturated heterocycles. The van der Waals surface area contributed by atoms with Crippen LogP contribution in [0.25, 0.3) is 5.69 Å². The summed E-state index contributed by atoms with van der Waals surface area (Å²) < 4.78 is 1.38. The third kappa shape index (κ3) is 2.66. The molecule has 0 saturated carbocycles. The van der Waals surface area contributed by atoms with Crippen molar-refractivity contribution < 1.29 is 9.90 Å². The minimum Gasteiger partial charge on any atom is -0.465 e. The molecule has 8 heteroatoms. The lowest BCUT2D eigenvalue weighted by molar-refractivity contribution is 0.210. The zero-order valence-electron chi connectivity index (χ0n) is 8.26. The fourth-order valence-corrected chi connectivity index (χ4v) is 1.56. The average Bonchev–Trinajstić information content (AvgIpc) is 2.59. The second kappa shape index (κ2) is 4.60. The van der Waals surface area contributed by atoms with Crippen molar-refractivity contribution in [3.63, 3.8) is 0 Å². The maximum atomic E-state index is 10.5. The molecule has 0 unspecified atom stereocenters. The van der Waals surface area contributed by atoms with Crippen molar-refractivity contribution >= 4 is 35.0 Å². The van der Waals surface area contributed by atoms with Gasteiger partial charge in [0, 0.05) is 6.20 Å². The van der Waals surface area contributed by atoms with Gasteiger partial charge in [0.25, 0.3) is 0 Å². The molecule has 2 aromatic rings. The van der Waals surface area contributed by atoms with Crippen LogP contribution in [0.5, 0.6) is 0 Å². The highest BCUT2D eigenvalue weighted by Gasteiger charge is 2.10. The monoisotopic (exact) mass is 272 g/mol. The summed E-state index contributed by atoms with van der Waals surface area (Å²) in [5.41, 5.74) is 0.775. The predicted molar refractivity (Wildman–Crippen MR) is 63.0 cm³/mol. The van der Waals surface area contributed by atoms with Gasteiger partial charge in [-0.2, -0.15) is 5.10 Å². The van der Waals surface area contributed by atoms with E-state index in [1.54, 1.807) is 6.07 Å². The van der Waals surface area contributed by atoms with Crippen LogP contribution in [-0.2, 0) is 0 Å². The van der Waals surface area contributed by atoms with Crippen molar-refractivity contribution in [1.29, 1.82) is 0 Å². The number of nitrogens with zero attached hydrogens (tertiary/aromatic N) is 3. The van der Waals surface area contributed by atoms with E-state index in [2.05, 4.69) is 15.4 Å². The van der Waals surface area contributed by atoms with Crippen molar-refractivity contribution in [2.24, 2.45) is 0 Å². The first-order chi connectivity index (χ1) is 8.06. The Hall–Kier alpha value is -1.79. The van der Waals surface area contributed by atoms with E-state index in [0.29, 0.717) is 10.7 Å². The van der Waals surface area contributed by atoms with Gasteiger partial charge in [0.05, 0.1) is 23.1 Å². The second-order valence-corrected chi connectivity index (χ2v) is 3.86. The SMILES string of the molecule is O=C(O)Nc1cn(-c2cncc(Cl)c2)nc1Cl. The molecule has 0 aliphatic carbocycles. The number of nitrogens with one attached hydrogen (secondary N) is 1. The Kier molecular flexibility index (Phi) is 3.16. The van der Waals surface area contributed by atoms with Crippen LogP contribution in [0.15, 0.2) is 24.7 Å². The number of carboxylic acid groups (broad SMARTS) is 1. The smallest absolute Gasteiger partial charge is 0.409 e. The van der Waals surface area contributed by atoms with Gasteiger partial charge in [-0.3, -0.25) is 10.3 Å². The van der Waals surface area contributed by atoms with Gasteiger partial charge in [-0.05, 0) is 6.07 Å². The zero-order chi connectivity index (χ0) is 12.4. The molecule has 2 rings (SSSR count). The summed E-state index contributed by atoms with van der Waals surface area (Å²) in [6.07, 6.45) is 3.23. The molecule has 0 atom stereocenters. The Morgan fingerprint density at radius 1 is 1.41 bits per heavy atom. The van der Waals surface area contributed by atoms with Crippen LogP contribution in [0.2, 0.25) is 10.2 Å². The van der Waals surface area contributed by atoms with Crippen LogP contribution >= 0.6 is 23.2 Å². The standard InChI is InChI=1S/C9H6Cl2N4O2/c10-5-1-6(3-12-2-5)15-4-7(8(11)14-15)13-9(16)17/h1-4,13H,(H,16,17). The Morgan fingerprint density at radius 2 is 2.18 bits per heavy atom. The van der Waals surface area contributed by atoms with E-state index in [1.807, 2.05) is 0 Å². The molecule has 0 aliphatic heterocycles. The van der Waals surface area contributed by atoms with Crippen molar-refractivity contribution in [3.8, 4) is 5.69 Å². The van der Waals surface area contributed by atoms with Gasteiger partial charge in [0.2, 0.25) is 0 Å². The minimum atomic E-state index is -1.21. The number of hydrogen-bond donors (Lipinski definition) is 2. The van der Waals surface area contributed by atoms with Crippen molar-refractivity contribution in [3.05, 3.63) is 34.8 Å². The number of rotatable bonds is 2. The van der Waals surface area contributed by atoms with E-state index >= 15 is 0 Å². The van der Waals surface area contributed by atoms with Gasteiger partial charge in [-0.25, -0.2) is 9.48 Å². The molecule has 2 N–H and O–H groups in total. The quantitative estimate of drug-likeness (QED) is 0.881. The molecular formula is C9H6Cl2N4O2. The average molecular weight is 273 g/mol. The van der Waals surface area contributed by atoms with Crippen molar-refractivity contribution in [2.45, 2.75) is 0 Å². The van der Waals surface area contributed by atoms with Gasteiger partial charge in [0.15, 0.2) is 5.15 Å². The number of amides is 1. The lowest BCUT2D eigenvalue weighted by Crippen LogP contribution is -2.06. The van der Waals surface area contributed by atoms with E-state index in [1.165, 1.54) is 23.3 Å². The minimum absolute atomic E-state index is 0.0485. The largest absolute Gasteiger partial charge is 0.465 e. The molecule has 0 aromatic carbocycles. The molecule has 88 valence electrons. The van der Waals surface area contributed by atoms with Crippen LogP contribution in [0, 0.1) is 0 Å². The van der Waals surface area contributed by atoms with E-state index in [0.717, 1.165) is 0 Å². The van der Waals surface area contributed by atoms with Crippen LogP contribution in [0.3, 0.4) is 0 Å². The first-order valence-corrected chi connectivity index (χ1v) is 5.18. The Balaban J connectivity index is 2.37. The highest BCUT2D eigenvalue weighted by Crippen LogP contribution is 2.22. The number of carbonyl (C=O) groups is 1. The number of anilines is 1. The third-order valence-electron chi connectivity index (χ3n) is 1.87. The molecular weight excluding hydrogens is 267 g/mol. The van der Waals surface area contributed by atoms with Gasteiger partial charge in [-0.15, -0.1) is 0 Å². The van der Waals surface area contributed by atoms with Crippen molar-refractivity contribution in [1.82, 2.24) is 14.8 Å². The molecule has 0 aliphatic rings. The Morgan fingerprint density at radius 3 is 2.82 bits per heavy atom. The third-order valence-corrected chi connectivity index (χ3v) is 2.35. The fraction of sp³-hybridized carbons (Fsp3) is 0. The number of halogens is 2. The lowest BCUT2D eigenvalue weighted by Gasteiger charge is -1.99. The van der Waals surface area contributed by atoms with Gasteiger partial charge in [-0.1, -0.05) is 23.2 Å². The fourth-order valence-electron chi connectivity index (χ4n) is 1.21. The maximum absolute atomic E-state index is 10.5. The maximum Gasteiger partial charge on any atom is 0.409 e. The Bertz CT molecular complexity index is 570. The summed E-state index contributed by atoms with van der Waals surface area (Å²) in [5.74, 6) is 0. The number of pyridine rings is 1. The molecule has 2 heterocycles. The summed E-state index contributed by atoms with van der Waals surface area (Å²) >= 11 is 11.5. The normalized spacial score (nSPS) is 10.2. The van der Waals surface area contributed by atoms with Crippen molar-refractivity contribution in [2.75, 3.05) is 5.32 Å². The predicted octanol–water partition coefficient (Wildman–Crippen LogP) is 2.66. The summed E-state index contributed by atoms with van der Waals surface area (Å²) in [5, 5.41) is 15.1. The van der Waals surface area contributed by atoms with E-state index in [-0.39, 0.29) is 10.8 Å². The van der Waals surface area contributed by atoms with Gasteiger partial charge in [0.1, 0.15) is 5.69 Å². The molecule has 17 heavy (non-hydrogen) atoms. The number of hydrogen-bond acceptors (Lipinski definition) is 3. The summed E-state index contributed by atoms with van der Waals surface area (Å²) in [6, 6.07) is 1.63. The number of aromatic nitrogens is 3. The molecule has 1 amide bonds. The summed E-state index contributed by atoms with van der Waals surface area (Å²) in [7, 11) is 0. The first-order valence-electron chi connectivity index (χ1n) is 4.42.